The standard InChI is InChI=1S/C14H21N3O2/c1-14(9-4-3-5-10-14)16-12-8-6-7-11(15-2)13(12)17(18)19/h6-8,15-16H,3-5,9-10H2,1-2H3. The van der Waals surface area contributed by atoms with Crippen LogP contribution in [-0.2, 0) is 0 Å². The summed E-state index contributed by atoms with van der Waals surface area (Å²) in [5, 5.41) is 17.6. The van der Waals surface area contributed by atoms with Crippen LogP contribution in [-0.4, -0.2) is 17.5 Å². The monoisotopic (exact) mass is 263 g/mol. The summed E-state index contributed by atoms with van der Waals surface area (Å²) in [6.45, 7) is 2.15. The molecule has 0 spiro atoms. The third kappa shape index (κ3) is 2.97. The lowest BCUT2D eigenvalue weighted by Crippen LogP contribution is -2.37. The maximum atomic E-state index is 11.3. The number of anilines is 2. The highest BCUT2D eigenvalue weighted by molar-refractivity contribution is 5.76. The molecule has 2 N–H and O–H groups in total. The second kappa shape index (κ2) is 5.47. The SMILES string of the molecule is CNc1cccc(NC2(C)CCCCC2)c1[N+](=O)[O-]. The van der Waals surface area contributed by atoms with E-state index in [2.05, 4.69) is 17.6 Å². The van der Waals surface area contributed by atoms with Crippen molar-refractivity contribution in [3.8, 4) is 0 Å². The van der Waals surface area contributed by atoms with Crippen LogP contribution in [0.25, 0.3) is 0 Å². The lowest BCUT2D eigenvalue weighted by Gasteiger charge is -2.35. The summed E-state index contributed by atoms with van der Waals surface area (Å²) in [5.41, 5.74) is 1.27. The Kier molecular flexibility index (Phi) is 3.93. The normalized spacial score (nSPS) is 17.8. The van der Waals surface area contributed by atoms with Crippen LogP contribution in [0.1, 0.15) is 39.0 Å². The van der Waals surface area contributed by atoms with Gasteiger partial charge in [-0.05, 0) is 31.9 Å². The van der Waals surface area contributed by atoms with Gasteiger partial charge in [-0.2, -0.15) is 0 Å². The van der Waals surface area contributed by atoms with E-state index in [1.807, 2.05) is 6.07 Å². The Balaban J connectivity index is 2.31. The fourth-order valence-corrected chi connectivity index (χ4v) is 2.83. The molecule has 0 unspecified atom stereocenters. The number of nitrogens with zero attached hydrogens (tertiary/aromatic N) is 1. The Labute approximate surface area is 113 Å². The van der Waals surface area contributed by atoms with Crippen LogP contribution in [0.15, 0.2) is 18.2 Å². The lowest BCUT2D eigenvalue weighted by atomic mass is 9.83. The van der Waals surface area contributed by atoms with Crippen molar-refractivity contribution >= 4 is 17.1 Å². The van der Waals surface area contributed by atoms with Gasteiger partial charge in [0.2, 0.25) is 0 Å². The summed E-state index contributed by atoms with van der Waals surface area (Å²) < 4.78 is 0. The number of nitro groups is 1. The molecule has 1 aliphatic rings. The van der Waals surface area contributed by atoms with E-state index in [0.717, 1.165) is 12.8 Å². The minimum Gasteiger partial charge on any atom is -0.382 e. The molecule has 1 aromatic rings. The first-order valence-electron chi connectivity index (χ1n) is 6.79. The van der Waals surface area contributed by atoms with Gasteiger partial charge in [0.15, 0.2) is 0 Å². The van der Waals surface area contributed by atoms with Crippen molar-refractivity contribution < 1.29 is 4.92 Å². The predicted octanol–water partition coefficient (Wildman–Crippen LogP) is 3.77. The fraction of sp³-hybridized carbons (Fsp3) is 0.571. The molecule has 1 aliphatic carbocycles. The van der Waals surface area contributed by atoms with Crippen LogP contribution >= 0.6 is 0 Å². The molecule has 1 aromatic carbocycles. The van der Waals surface area contributed by atoms with Crippen molar-refractivity contribution in [3.63, 3.8) is 0 Å². The van der Waals surface area contributed by atoms with E-state index in [1.165, 1.54) is 19.3 Å². The van der Waals surface area contributed by atoms with Crippen LogP contribution in [0, 0.1) is 10.1 Å². The van der Waals surface area contributed by atoms with E-state index < -0.39 is 0 Å². The fourth-order valence-electron chi connectivity index (χ4n) is 2.83. The average molecular weight is 263 g/mol. The molecule has 0 atom stereocenters. The molecule has 0 aromatic heterocycles. The number of nitrogens with one attached hydrogen (secondary N) is 2. The number of para-hydroxylation sites is 1. The smallest absolute Gasteiger partial charge is 0.315 e. The number of benzene rings is 1. The third-order valence-electron chi connectivity index (χ3n) is 3.88. The molecule has 5 nitrogen and oxygen atoms in total. The number of nitro benzene ring substituents is 1. The molecule has 1 fully saturated rings. The summed E-state index contributed by atoms with van der Waals surface area (Å²) in [5.74, 6) is 0. The minimum atomic E-state index is -0.319. The highest BCUT2D eigenvalue weighted by Crippen LogP contribution is 2.37. The molecule has 0 amide bonds. The topological polar surface area (TPSA) is 67.2 Å². The molecular weight excluding hydrogens is 242 g/mol. The Morgan fingerprint density at radius 1 is 1.21 bits per heavy atom. The maximum absolute atomic E-state index is 11.3. The van der Waals surface area contributed by atoms with Crippen LogP contribution in [0.2, 0.25) is 0 Å². The van der Waals surface area contributed by atoms with Gasteiger partial charge in [0.25, 0.3) is 0 Å². The molecule has 0 heterocycles. The van der Waals surface area contributed by atoms with Crippen LogP contribution in [0.4, 0.5) is 17.1 Å². The summed E-state index contributed by atoms with van der Waals surface area (Å²) in [6.07, 6.45) is 5.75. The van der Waals surface area contributed by atoms with Gasteiger partial charge in [0, 0.05) is 12.6 Å². The molecule has 0 bridgehead atoms. The Bertz CT molecular complexity index is 468. The van der Waals surface area contributed by atoms with Crippen LogP contribution in [0.5, 0.6) is 0 Å². The zero-order valence-corrected chi connectivity index (χ0v) is 11.5. The minimum absolute atomic E-state index is 0.0324. The van der Waals surface area contributed by atoms with Crippen LogP contribution < -0.4 is 10.6 Å². The molecule has 104 valence electrons. The first-order valence-corrected chi connectivity index (χ1v) is 6.79. The van der Waals surface area contributed by atoms with E-state index in [1.54, 1.807) is 19.2 Å². The summed E-state index contributed by atoms with van der Waals surface area (Å²) in [4.78, 5) is 11.0. The van der Waals surface area contributed by atoms with E-state index >= 15 is 0 Å². The zero-order chi connectivity index (χ0) is 13.9. The van der Waals surface area contributed by atoms with Gasteiger partial charge in [0.05, 0.1) is 4.92 Å². The van der Waals surface area contributed by atoms with Crippen molar-refractivity contribution in [1.29, 1.82) is 0 Å². The van der Waals surface area contributed by atoms with Gasteiger partial charge in [-0.1, -0.05) is 25.3 Å². The number of hydrogen-bond donors (Lipinski definition) is 2. The van der Waals surface area contributed by atoms with Gasteiger partial charge in [-0.3, -0.25) is 10.1 Å². The van der Waals surface area contributed by atoms with Gasteiger partial charge in [-0.15, -0.1) is 0 Å². The molecule has 0 aliphatic heterocycles. The first-order chi connectivity index (χ1) is 9.06. The predicted molar refractivity (Wildman–Crippen MR) is 77.8 cm³/mol. The Hall–Kier alpha value is -1.78. The molecular formula is C14H21N3O2. The largest absolute Gasteiger partial charge is 0.382 e. The Morgan fingerprint density at radius 2 is 1.84 bits per heavy atom. The van der Waals surface area contributed by atoms with Gasteiger partial charge in [0.1, 0.15) is 11.4 Å². The molecule has 2 rings (SSSR count). The first kappa shape index (κ1) is 13.6. The lowest BCUT2D eigenvalue weighted by molar-refractivity contribution is -0.383. The van der Waals surface area contributed by atoms with Crippen molar-refractivity contribution in [2.24, 2.45) is 0 Å². The second-order valence-electron chi connectivity index (χ2n) is 5.46. The number of hydrogen-bond acceptors (Lipinski definition) is 4. The summed E-state index contributed by atoms with van der Waals surface area (Å²) in [6, 6.07) is 5.36. The third-order valence-corrected chi connectivity index (χ3v) is 3.88. The molecule has 19 heavy (non-hydrogen) atoms. The van der Waals surface area contributed by atoms with Crippen LogP contribution in [0.3, 0.4) is 0 Å². The molecule has 0 radical (unpaired) electrons. The summed E-state index contributed by atoms with van der Waals surface area (Å²) >= 11 is 0. The zero-order valence-electron chi connectivity index (χ0n) is 11.5. The van der Waals surface area contributed by atoms with Crippen molar-refractivity contribution in [2.45, 2.75) is 44.6 Å². The average Bonchev–Trinajstić information content (AvgIpc) is 2.38. The van der Waals surface area contributed by atoms with E-state index in [-0.39, 0.29) is 16.1 Å². The van der Waals surface area contributed by atoms with Crippen molar-refractivity contribution in [3.05, 3.63) is 28.3 Å². The maximum Gasteiger partial charge on any atom is 0.315 e. The van der Waals surface area contributed by atoms with E-state index in [0.29, 0.717) is 11.4 Å². The highest BCUT2D eigenvalue weighted by atomic mass is 16.6. The van der Waals surface area contributed by atoms with Crippen molar-refractivity contribution in [1.82, 2.24) is 0 Å². The van der Waals surface area contributed by atoms with Crippen molar-refractivity contribution in [2.75, 3.05) is 17.7 Å². The Morgan fingerprint density at radius 3 is 2.42 bits per heavy atom. The second-order valence-corrected chi connectivity index (χ2v) is 5.46. The summed E-state index contributed by atoms with van der Waals surface area (Å²) in [7, 11) is 1.70. The molecule has 1 saturated carbocycles. The molecule has 0 saturated heterocycles. The van der Waals surface area contributed by atoms with E-state index in [4.69, 9.17) is 0 Å². The quantitative estimate of drug-likeness (QED) is 0.641. The molecule has 5 heteroatoms. The van der Waals surface area contributed by atoms with Gasteiger partial charge < -0.3 is 10.6 Å². The van der Waals surface area contributed by atoms with E-state index in [9.17, 15) is 10.1 Å². The van der Waals surface area contributed by atoms with Gasteiger partial charge >= 0.3 is 5.69 Å². The number of rotatable bonds is 4. The van der Waals surface area contributed by atoms with Gasteiger partial charge in [-0.25, -0.2) is 0 Å². The highest BCUT2D eigenvalue weighted by Gasteiger charge is 2.29.